The number of hydrogen-bond donors (Lipinski definition) is 2. The number of carbonyl (C=O) groups is 1. The molecule has 2 N–H and O–H groups in total. The van der Waals surface area contributed by atoms with Crippen molar-refractivity contribution in [2.75, 3.05) is 6.54 Å². The van der Waals surface area contributed by atoms with Crippen LogP contribution in [0.4, 0.5) is 0 Å². The number of Topliss-reactive ketones (excluding diaryl/α,β-unsaturated/α-hetero) is 1. The zero-order chi connectivity index (χ0) is 13.2. The molecule has 1 heterocycles. The van der Waals surface area contributed by atoms with Gasteiger partial charge in [-0.15, -0.1) is 0 Å². The quantitative estimate of drug-likeness (QED) is 0.828. The van der Waals surface area contributed by atoms with Crippen molar-refractivity contribution in [1.29, 1.82) is 0 Å². The lowest BCUT2D eigenvalue weighted by molar-refractivity contribution is 0.0987. The fourth-order valence-electron chi connectivity index (χ4n) is 2.78. The third-order valence-electron chi connectivity index (χ3n) is 3.83. The van der Waals surface area contributed by atoms with Crippen molar-refractivity contribution in [3.05, 3.63) is 29.6 Å². The number of imidazole rings is 1. The van der Waals surface area contributed by atoms with Gasteiger partial charge >= 0.3 is 0 Å². The molecule has 0 amide bonds. The summed E-state index contributed by atoms with van der Waals surface area (Å²) in [6.45, 7) is 2.35. The highest BCUT2D eigenvalue weighted by Crippen LogP contribution is 2.18. The largest absolute Gasteiger partial charge is 0.342 e. The maximum Gasteiger partial charge on any atom is 0.176 e. The summed E-state index contributed by atoms with van der Waals surface area (Å²) in [5, 5.41) is 3.36. The van der Waals surface area contributed by atoms with E-state index in [1.54, 1.807) is 0 Å². The number of benzene rings is 1. The summed E-state index contributed by atoms with van der Waals surface area (Å²) in [6, 6.07) is 6.19. The molecule has 0 saturated heterocycles. The van der Waals surface area contributed by atoms with Crippen LogP contribution in [0.15, 0.2) is 18.2 Å². The van der Waals surface area contributed by atoms with E-state index in [9.17, 15) is 4.79 Å². The number of ketones is 1. The lowest BCUT2D eigenvalue weighted by Crippen LogP contribution is -2.31. The molecule has 1 aromatic heterocycles. The topological polar surface area (TPSA) is 57.8 Å². The lowest BCUT2D eigenvalue weighted by atomic mass is 10.1. The second kappa shape index (κ2) is 5.13. The molecule has 1 fully saturated rings. The van der Waals surface area contributed by atoms with Crippen LogP contribution >= 0.6 is 0 Å². The fraction of sp³-hybridized carbons (Fsp3) is 0.467. The molecule has 4 heteroatoms. The summed E-state index contributed by atoms with van der Waals surface area (Å²) < 4.78 is 0. The van der Waals surface area contributed by atoms with Crippen molar-refractivity contribution >= 4 is 16.8 Å². The average molecular weight is 257 g/mol. The number of hydrogen-bond acceptors (Lipinski definition) is 3. The summed E-state index contributed by atoms with van der Waals surface area (Å²) in [5.41, 5.74) is 2.60. The van der Waals surface area contributed by atoms with Gasteiger partial charge in [0.1, 0.15) is 5.82 Å². The van der Waals surface area contributed by atoms with E-state index in [1.807, 2.05) is 25.1 Å². The van der Waals surface area contributed by atoms with Gasteiger partial charge in [0.25, 0.3) is 0 Å². The summed E-state index contributed by atoms with van der Waals surface area (Å²) in [7, 11) is 0. The van der Waals surface area contributed by atoms with Crippen LogP contribution in [0, 0.1) is 6.92 Å². The number of aromatic nitrogens is 2. The van der Waals surface area contributed by atoms with Crippen LogP contribution in [0.1, 0.15) is 41.9 Å². The molecule has 100 valence electrons. The van der Waals surface area contributed by atoms with E-state index in [0.717, 1.165) is 22.4 Å². The predicted octanol–water partition coefficient (Wildman–Crippen LogP) is 2.59. The Hall–Kier alpha value is -1.68. The van der Waals surface area contributed by atoms with Crippen molar-refractivity contribution in [3.63, 3.8) is 0 Å². The van der Waals surface area contributed by atoms with E-state index in [-0.39, 0.29) is 5.78 Å². The molecular weight excluding hydrogens is 238 g/mol. The van der Waals surface area contributed by atoms with Gasteiger partial charge in [-0.3, -0.25) is 4.79 Å². The Bertz CT molecular complexity index is 596. The number of carbonyl (C=O) groups excluding carboxylic acids is 1. The highest BCUT2D eigenvalue weighted by molar-refractivity contribution is 6.00. The minimum absolute atomic E-state index is 0.154. The van der Waals surface area contributed by atoms with Gasteiger partial charge in [0, 0.05) is 11.6 Å². The van der Waals surface area contributed by atoms with Gasteiger partial charge in [-0.2, -0.15) is 0 Å². The second-order valence-corrected chi connectivity index (χ2v) is 5.34. The van der Waals surface area contributed by atoms with Crippen molar-refractivity contribution in [3.8, 4) is 0 Å². The summed E-state index contributed by atoms with van der Waals surface area (Å²) in [4.78, 5) is 19.7. The molecular formula is C15H19N3O. The molecule has 1 saturated carbocycles. The van der Waals surface area contributed by atoms with Crippen molar-refractivity contribution in [1.82, 2.24) is 15.3 Å². The van der Waals surface area contributed by atoms with Gasteiger partial charge < -0.3 is 10.3 Å². The Morgan fingerprint density at radius 2 is 2.21 bits per heavy atom. The minimum Gasteiger partial charge on any atom is -0.342 e. The van der Waals surface area contributed by atoms with Gasteiger partial charge in [0.05, 0.1) is 17.6 Å². The Labute approximate surface area is 112 Å². The molecule has 0 spiro atoms. The Balaban J connectivity index is 1.69. The molecule has 1 aliphatic rings. The van der Waals surface area contributed by atoms with E-state index in [0.29, 0.717) is 12.6 Å². The molecule has 19 heavy (non-hydrogen) atoms. The van der Waals surface area contributed by atoms with Gasteiger partial charge in [-0.05, 0) is 38.0 Å². The van der Waals surface area contributed by atoms with Gasteiger partial charge in [-0.25, -0.2) is 4.98 Å². The summed E-state index contributed by atoms with van der Waals surface area (Å²) in [5.74, 6) is 1.03. The van der Waals surface area contributed by atoms with Crippen LogP contribution in [0.3, 0.4) is 0 Å². The summed E-state index contributed by atoms with van der Waals surface area (Å²) in [6.07, 6.45) is 4.97. The van der Waals surface area contributed by atoms with E-state index in [1.165, 1.54) is 25.7 Å². The molecule has 1 aromatic carbocycles. The van der Waals surface area contributed by atoms with Crippen LogP contribution in [0.25, 0.3) is 11.0 Å². The standard InChI is InChI=1S/C15H19N3O/c1-10-17-13-7-6-11(8-14(13)18-10)15(19)9-16-12-4-2-3-5-12/h6-8,12,16H,2-5,9H2,1H3,(H,17,18). The van der Waals surface area contributed by atoms with E-state index < -0.39 is 0 Å². The summed E-state index contributed by atoms with van der Waals surface area (Å²) >= 11 is 0. The van der Waals surface area contributed by atoms with E-state index in [4.69, 9.17) is 0 Å². The highest BCUT2D eigenvalue weighted by Gasteiger charge is 2.16. The molecule has 0 atom stereocenters. The third-order valence-corrected chi connectivity index (χ3v) is 3.83. The second-order valence-electron chi connectivity index (χ2n) is 5.34. The van der Waals surface area contributed by atoms with Crippen molar-refractivity contribution in [2.45, 2.75) is 38.6 Å². The van der Waals surface area contributed by atoms with Gasteiger partial charge in [0.15, 0.2) is 5.78 Å². The SMILES string of the molecule is Cc1nc2ccc(C(=O)CNC3CCCC3)cc2[nH]1. The van der Waals surface area contributed by atoms with Crippen LogP contribution in [0.2, 0.25) is 0 Å². The number of aromatic amines is 1. The number of nitrogens with one attached hydrogen (secondary N) is 2. The monoisotopic (exact) mass is 257 g/mol. The van der Waals surface area contributed by atoms with Crippen LogP contribution in [0.5, 0.6) is 0 Å². The smallest absolute Gasteiger partial charge is 0.176 e. The predicted molar refractivity (Wildman–Crippen MR) is 75.4 cm³/mol. The van der Waals surface area contributed by atoms with E-state index in [2.05, 4.69) is 15.3 Å². The van der Waals surface area contributed by atoms with E-state index >= 15 is 0 Å². The molecule has 4 nitrogen and oxygen atoms in total. The van der Waals surface area contributed by atoms with Crippen LogP contribution in [-0.2, 0) is 0 Å². The van der Waals surface area contributed by atoms with Gasteiger partial charge in [0.2, 0.25) is 0 Å². The molecule has 2 aromatic rings. The molecule has 1 aliphatic carbocycles. The lowest BCUT2D eigenvalue weighted by Gasteiger charge is -2.10. The first-order valence-electron chi connectivity index (χ1n) is 6.95. The number of H-pyrrole nitrogens is 1. The minimum atomic E-state index is 0.154. The van der Waals surface area contributed by atoms with Gasteiger partial charge in [-0.1, -0.05) is 12.8 Å². The first-order chi connectivity index (χ1) is 9.22. The number of nitrogens with zero attached hydrogens (tertiary/aromatic N) is 1. The van der Waals surface area contributed by atoms with Crippen LogP contribution < -0.4 is 5.32 Å². The molecule has 0 aliphatic heterocycles. The van der Waals surface area contributed by atoms with Crippen LogP contribution in [-0.4, -0.2) is 28.3 Å². The highest BCUT2D eigenvalue weighted by atomic mass is 16.1. The first kappa shape index (κ1) is 12.4. The fourth-order valence-corrected chi connectivity index (χ4v) is 2.78. The molecule has 0 bridgehead atoms. The molecule has 3 rings (SSSR count). The number of rotatable bonds is 4. The molecule has 0 unspecified atom stereocenters. The zero-order valence-electron chi connectivity index (χ0n) is 11.2. The maximum absolute atomic E-state index is 12.2. The average Bonchev–Trinajstić information content (AvgIpc) is 3.02. The first-order valence-corrected chi connectivity index (χ1v) is 6.95. The Kier molecular flexibility index (Phi) is 3.34. The Morgan fingerprint density at radius 3 is 3.00 bits per heavy atom. The molecule has 0 radical (unpaired) electrons. The number of aryl methyl sites for hydroxylation is 1. The van der Waals surface area contributed by atoms with Crippen molar-refractivity contribution in [2.24, 2.45) is 0 Å². The third kappa shape index (κ3) is 2.68. The number of fused-ring (bicyclic) bond motifs is 1. The Morgan fingerprint density at radius 1 is 1.42 bits per heavy atom. The zero-order valence-corrected chi connectivity index (χ0v) is 11.2. The normalized spacial score (nSPS) is 16.3. The van der Waals surface area contributed by atoms with Crippen molar-refractivity contribution < 1.29 is 4.79 Å². The maximum atomic E-state index is 12.2.